The molecule has 21 heavy (non-hydrogen) atoms. The Hall–Kier alpha value is -2.33. The number of hydrogen-bond acceptors (Lipinski definition) is 4. The summed E-state index contributed by atoms with van der Waals surface area (Å²) in [6.45, 7) is 0.644. The van der Waals surface area contributed by atoms with E-state index in [1.54, 1.807) is 26.4 Å². The fourth-order valence-corrected chi connectivity index (χ4v) is 2.00. The SMILES string of the molecule is COCc1cccc(C(=O)OCc2ccccc2OC)c1. The molecule has 0 aliphatic carbocycles. The molecule has 0 aliphatic heterocycles. The Balaban J connectivity index is 2.03. The first-order valence-corrected chi connectivity index (χ1v) is 6.61. The van der Waals surface area contributed by atoms with Crippen molar-refractivity contribution in [1.82, 2.24) is 0 Å². The summed E-state index contributed by atoms with van der Waals surface area (Å²) in [7, 11) is 3.21. The van der Waals surface area contributed by atoms with Crippen molar-refractivity contribution in [3.8, 4) is 5.75 Å². The van der Waals surface area contributed by atoms with Gasteiger partial charge in [-0.25, -0.2) is 4.79 Å². The van der Waals surface area contributed by atoms with E-state index in [4.69, 9.17) is 14.2 Å². The molecule has 2 aromatic rings. The average Bonchev–Trinajstić information content (AvgIpc) is 2.53. The van der Waals surface area contributed by atoms with Crippen molar-refractivity contribution in [3.63, 3.8) is 0 Å². The maximum atomic E-state index is 12.1. The first-order chi connectivity index (χ1) is 10.2. The molecule has 4 heteroatoms. The molecule has 110 valence electrons. The summed E-state index contributed by atoms with van der Waals surface area (Å²) < 4.78 is 15.6. The summed E-state index contributed by atoms with van der Waals surface area (Å²) >= 11 is 0. The van der Waals surface area contributed by atoms with Crippen molar-refractivity contribution in [2.75, 3.05) is 14.2 Å². The predicted molar refractivity (Wildman–Crippen MR) is 79.3 cm³/mol. The number of carbonyl (C=O) groups is 1. The summed E-state index contributed by atoms with van der Waals surface area (Å²) in [4.78, 5) is 12.1. The van der Waals surface area contributed by atoms with Gasteiger partial charge in [-0.1, -0.05) is 30.3 Å². The average molecular weight is 286 g/mol. The third kappa shape index (κ3) is 4.07. The number of para-hydroxylation sites is 1. The predicted octanol–water partition coefficient (Wildman–Crippen LogP) is 3.20. The molecule has 0 unspecified atom stereocenters. The molecule has 0 aliphatic rings. The quantitative estimate of drug-likeness (QED) is 0.765. The van der Waals surface area contributed by atoms with Gasteiger partial charge in [-0.3, -0.25) is 0 Å². The minimum atomic E-state index is -0.362. The van der Waals surface area contributed by atoms with Crippen LogP contribution in [-0.2, 0) is 22.7 Å². The van der Waals surface area contributed by atoms with E-state index in [1.165, 1.54) is 0 Å². The van der Waals surface area contributed by atoms with Crippen LogP contribution in [0.1, 0.15) is 21.5 Å². The molecule has 0 heterocycles. The lowest BCUT2D eigenvalue weighted by Crippen LogP contribution is -2.06. The third-order valence-corrected chi connectivity index (χ3v) is 3.02. The Morgan fingerprint density at radius 3 is 2.57 bits per heavy atom. The van der Waals surface area contributed by atoms with E-state index in [2.05, 4.69) is 0 Å². The Kier molecular flexibility index (Phi) is 5.35. The maximum absolute atomic E-state index is 12.1. The number of hydrogen-bond donors (Lipinski definition) is 0. The van der Waals surface area contributed by atoms with Gasteiger partial charge >= 0.3 is 5.97 Å². The third-order valence-electron chi connectivity index (χ3n) is 3.02. The number of benzene rings is 2. The zero-order valence-electron chi connectivity index (χ0n) is 12.2. The molecule has 0 bridgehead atoms. The van der Waals surface area contributed by atoms with Crippen LogP contribution in [0.25, 0.3) is 0 Å². The molecular weight excluding hydrogens is 268 g/mol. The van der Waals surface area contributed by atoms with Gasteiger partial charge < -0.3 is 14.2 Å². The van der Waals surface area contributed by atoms with Crippen LogP contribution in [0.2, 0.25) is 0 Å². The molecule has 0 amide bonds. The van der Waals surface area contributed by atoms with Crippen LogP contribution in [0.5, 0.6) is 5.75 Å². The number of rotatable bonds is 6. The molecule has 0 N–H and O–H groups in total. The van der Waals surface area contributed by atoms with E-state index < -0.39 is 0 Å². The van der Waals surface area contributed by atoms with Gasteiger partial charge in [0.15, 0.2) is 0 Å². The van der Waals surface area contributed by atoms with E-state index in [0.717, 1.165) is 11.1 Å². The van der Waals surface area contributed by atoms with Crippen LogP contribution < -0.4 is 4.74 Å². The Morgan fingerprint density at radius 2 is 1.81 bits per heavy atom. The van der Waals surface area contributed by atoms with Crippen molar-refractivity contribution < 1.29 is 19.0 Å². The highest BCUT2D eigenvalue weighted by Gasteiger charge is 2.10. The second-order valence-corrected chi connectivity index (χ2v) is 4.52. The fourth-order valence-electron chi connectivity index (χ4n) is 2.00. The topological polar surface area (TPSA) is 44.8 Å². The monoisotopic (exact) mass is 286 g/mol. The molecule has 2 rings (SSSR count). The molecule has 2 aromatic carbocycles. The Labute approximate surface area is 124 Å². The van der Waals surface area contributed by atoms with Gasteiger partial charge in [0.05, 0.1) is 19.3 Å². The smallest absolute Gasteiger partial charge is 0.338 e. The van der Waals surface area contributed by atoms with E-state index in [0.29, 0.717) is 17.9 Å². The van der Waals surface area contributed by atoms with E-state index in [-0.39, 0.29) is 12.6 Å². The van der Waals surface area contributed by atoms with Gasteiger partial charge in [0.2, 0.25) is 0 Å². The first kappa shape index (κ1) is 15.1. The van der Waals surface area contributed by atoms with Crippen molar-refractivity contribution in [2.45, 2.75) is 13.2 Å². The zero-order valence-corrected chi connectivity index (χ0v) is 12.2. The highest BCUT2D eigenvalue weighted by molar-refractivity contribution is 5.89. The minimum absolute atomic E-state index is 0.178. The Bertz CT molecular complexity index is 607. The molecule has 0 saturated carbocycles. The van der Waals surface area contributed by atoms with Gasteiger partial charge in [0, 0.05) is 12.7 Å². The fraction of sp³-hybridized carbons (Fsp3) is 0.235. The number of ether oxygens (including phenoxy) is 3. The summed E-state index contributed by atoms with van der Waals surface area (Å²) in [6, 6.07) is 14.7. The van der Waals surface area contributed by atoms with Crippen LogP contribution >= 0.6 is 0 Å². The Morgan fingerprint density at radius 1 is 1.00 bits per heavy atom. The first-order valence-electron chi connectivity index (χ1n) is 6.61. The second kappa shape index (κ2) is 7.45. The van der Waals surface area contributed by atoms with Crippen LogP contribution in [0, 0.1) is 0 Å². The van der Waals surface area contributed by atoms with Crippen LogP contribution in [0.3, 0.4) is 0 Å². The summed E-state index contributed by atoms with van der Waals surface area (Å²) in [5.74, 6) is 0.345. The molecule has 0 fully saturated rings. The molecule has 0 atom stereocenters. The minimum Gasteiger partial charge on any atom is -0.496 e. The van der Waals surface area contributed by atoms with Crippen LogP contribution in [-0.4, -0.2) is 20.2 Å². The molecule has 0 aromatic heterocycles. The van der Waals surface area contributed by atoms with Gasteiger partial charge in [0.1, 0.15) is 12.4 Å². The van der Waals surface area contributed by atoms with Crippen molar-refractivity contribution >= 4 is 5.97 Å². The number of esters is 1. The van der Waals surface area contributed by atoms with Gasteiger partial charge in [-0.05, 0) is 23.8 Å². The largest absolute Gasteiger partial charge is 0.496 e. The lowest BCUT2D eigenvalue weighted by atomic mass is 10.1. The van der Waals surface area contributed by atoms with Crippen molar-refractivity contribution in [1.29, 1.82) is 0 Å². The molecule has 0 saturated heterocycles. The summed E-state index contributed by atoms with van der Waals surface area (Å²) in [6.07, 6.45) is 0. The van der Waals surface area contributed by atoms with Gasteiger partial charge in [0.25, 0.3) is 0 Å². The molecular formula is C17H18O4. The maximum Gasteiger partial charge on any atom is 0.338 e. The highest BCUT2D eigenvalue weighted by Crippen LogP contribution is 2.19. The van der Waals surface area contributed by atoms with E-state index >= 15 is 0 Å². The number of methoxy groups -OCH3 is 2. The zero-order chi connectivity index (χ0) is 15.1. The van der Waals surface area contributed by atoms with Gasteiger partial charge in [-0.15, -0.1) is 0 Å². The number of carbonyl (C=O) groups excluding carboxylic acids is 1. The highest BCUT2D eigenvalue weighted by atomic mass is 16.5. The molecule has 4 nitrogen and oxygen atoms in total. The van der Waals surface area contributed by atoms with E-state index in [9.17, 15) is 4.79 Å². The van der Waals surface area contributed by atoms with Gasteiger partial charge in [-0.2, -0.15) is 0 Å². The molecule has 0 spiro atoms. The standard InChI is InChI=1S/C17H18O4/c1-19-11-13-6-5-8-14(10-13)17(18)21-12-15-7-3-4-9-16(15)20-2/h3-10H,11-12H2,1-2H3. The van der Waals surface area contributed by atoms with Crippen LogP contribution in [0.15, 0.2) is 48.5 Å². The summed E-state index contributed by atoms with van der Waals surface area (Å²) in [5, 5.41) is 0. The normalized spacial score (nSPS) is 10.2. The van der Waals surface area contributed by atoms with Crippen LogP contribution in [0.4, 0.5) is 0 Å². The van der Waals surface area contributed by atoms with E-state index in [1.807, 2.05) is 36.4 Å². The lowest BCUT2D eigenvalue weighted by molar-refractivity contribution is 0.0470. The molecule has 0 radical (unpaired) electrons. The lowest BCUT2D eigenvalue weighted by Gasteiger charge is -2.09. The second-order valence-electron chi connectivity index (χ2n) is 4.52. The summed E-state index contributed by atoms with van der Waals surface area (Å²) in [5.41, 5.74) is 2.28. The van der Waals surface area contributed by atoms with Crippen molar-refractivity contribution in [2.24, 2.45) is 0 Å². The van der Waals surface area contributed by atoms with Crippen molar-refractivity contribution in [3.05, 3.63) is 65.2 Å².